The van der Waals surface area contributed by atoms with Gasteiger partial charge in [-0.05, 0) is 49.2 Å². The molecule has 9 nitrogen and oxygen atoms in total. The lowest BCUT2D eigenvalue weighted by atomic mass is 9.98. The van der Waals surface area contributed by atoms with Gasteiger partial charge in [0.25, 0.3) is 0 Å². The number of nitrogens with zero attached hydrogens (tertiary/aromatic N) is 4. The number of hydrogen-bond acceptors (Lipinski definition) is 6. The fourth-order valence-electron chi connectivity index (χ4n) is 4.39. The smallest absolute Gasteiger partial charge is 0.342 e. The van der Waals surface area contributed by atoms with E-state index in [9.17, 15) is 18.3 Å². The van der Waals surface area contributed by atoms with Crippen molar-refractivity contribution < 1.29 is 18.3 Å². The number of hydrazone groups is 1. The molecule has 2 amide bonds. The minimum Gasteiger partial charge on any atom is -0.508 e. The monoisotopic (exact) mass is 491 g/mol. The number of carbonyl (C=O) groups excluding carboxylic acids is 1. The van der Waals surface area contributed by atoms with E-state index in [1.165, 1.54) is 9.31 Å². The molecule has 0 spiro atoms. The highest BCUT2D eigenvalue weighted by molar-refractivity contribution is 7.92. The average molecular weight is 492 g/mol. The molecule has 1 fully saturated rings. The summed E-state index contributed by atoms with van der Waals surface area (Å²) in [7, 11) is -3.31. The second kappa shape index (κ2) is 9.38. The molecule has 1 unspecified atom stereocenters. The minimum absolute atomic E-state index is 0.0880. The van der Waals surface area contributed by atoms with Crippen molar-refractivity contribution in [2.45, 2.75) is 25.3 Å². The molecule has 2 N–H and O–H groups in total. The molecule has 2 aromatic carbocycles. The third kappa shape index (κ3) is 4.69. The van der Waals surface area contributed by atoms with Crippen LogP contribution in [0.15, 0.2) is 78.2 Å². The number of urea groups is 1. The summed E-state index contributed by atoms with van der Waals surface area (Å²) in [5, 5.41) is 19.2. The summed E-state index contributed by atoms with van der Waals surface area (Å²) in [5.74, 6) is 0.232. The lowest BCUT2D eigenvalue weighted by Gasteiger charge is -2.28. The normalized spacial score (nSPS) is 19.3. The summed E-state index contributed by atoms with van der Waals surface area (Å²) in [6.07, 6.45) is 5.26. The Hall–Kier alpha value is -3.92. The van der Waals surface area contributed by atoms with Crippen LogP contribution in [0.1, 0.15) is 36.4 Å². The van der Waals surface area contributed by atoms with Crippen LogP contribution in [0.25, 0.3) is 0 Å². The van der Waals surface area contributed by atoms with Crippen molar-refractivity contribution in [3.8, 4) is 5.75 Å². The summed E-state index contributed by atoms with van der Waals surface area (Å²) in [5.41, 5.74) is 3.17. The number of anilines is 2. The molecule has 1 saturated heterocycles. The van der Waals surface area contributed by atoms with E-state index in [1.807, 2.05) is 6.07 Å². The number of sulfonamides is 1. The van der Waals surface area contributed by atoms with E-state index in [0.717, 1.165) is 12.0 Å². The van der Waals surface area contributed by atoms with E-state index in [0.29, 0.717) is 42.0 Å². The average Bonchev–Trinajstić information content (AvgIpc) is 3.31. The van der Waals surface area contributed by atoms with Gasteiger partial charge in [0.1, 0.15) is 5.75 Å². The summed E-state index contributed by atoms with van der Waals surface area (Å²) >= 11 is 0. The molecule has 10 heteroatoms. The maximum Gasteiger partial charge on any atom is 0.342 e. The van der Waals surface area contributed by atoms with E-state index in [4.69, 9.17) is 0 Å². The van der Waals surface area contributed by atoms with Gasteiger partial charge in [0.15, 0.2) is 0 Å². The second-order valence-corrected chi connectivity index (χ2v) is 10.5. The quantitative estimate of drug-likeness (QED) is 0.570. The number of para-hydroxylation sites is 1. The summed E-state index contributed by atoms with van der Waals surface area (Å²) in [6, 6.07) is 16.3. The maximum absolute atomic E-state index is 13.3. The molecule has 1 atom stereocenters. The van der Waals surface area contributed by atoms with Crippen LogP contribution in [0.5, 0.6) is 5.75 Å². The molecule has 3 aromatic rings. The van der Waals surface area contributed by atoms with Crippen LogP contribution in [0.3, 0.4) is 0 Å². The number of amides is 2. The second-order valence-electron chi connectivity index (χ2n) is 8.48. The number of aromatic hydroxyl groups is 1. The van der Waals surface area contributed by atoms with Gasteiger partial charge in [-0.25, -0.2) is 18.2 Å². The van der Waals surface area contributed by atoms with Gasteiger partial charge in [-0.15, -0.1) is 0 Å². The topological polar surface area (TPSA) is 115 Å². The molecular formula is C25H25N5O4S. The molecule has 180 valence electrons. The largest absolute Gasteiger partial charge is 0.508 e. The standard InChI is InChI=1S/C25H25N5O4S/c31-24-8-2-1-7-21(24)23-16-22(18-6-5-13-26-17-18)28-30(23)25(32)27-19-9-11-20(12-10-19)29-14-3-4-15-35(29,33)34/h1-2,5-13,17,23,31H,3-4,14-16H2,(H,27,32). The number of carbonyl (C=O) groups is 1. The van der Waals surface area contributed by atoms with E-state index in [1.54, 1.807) is 67.0 Å². The van der Waals surface area contributed by atoms with Crippen molar-refractivity contribution in [2.24, 2.45) is 5.10 Å². The Bertz CT molecular complexity index is 1360. The van der Waals surface area contributed by atoms with E-state index in [2.05, 4.69) is 15.4 Å². The lowest BCUT2D eigenvalue weighted by molar-refractivity contribution is 0.199. The van der Waals surface area contributed by atoms with Crippen LogP contribution in [-0.2, 0) is 10.0 Å². The Morgan fingerprint density at radius 1 is 1.03 bits per heavy atom. The minimum atomic E-state index is -3.31. The van der Waals surface area contributed by atoms with Gasteiger partial charge in [0.05, 0.1) is 23.2 Å². The predicted molar refractivity (Wildman–Crippen MR) is 134 cm³/mol. The third-order valence-electron chi connectivity index (χ3n) is 6.16. The highest BCUT2D eigenvalue weighted by atomic mass is 32.2. The van der Waals surface area contributed by atoms with Crippen LogP contribution in [0.4, 0.5) is 16.2 Å². The Labute approximate surface area is 203 Å². The van der Waals surface area contributed by atoms with E-state index in [-0.39, 0.29) is 11.5 Å². The van der Waals surface area contributed by atoms with Crippen LogP contribution in [0, 0.1) is 0 Å². The summed E-state index contributed by atoms with van der Waals surface area (Å²) < 4.78 is 26.2. The Morgan fingerprint density at radius 3 is 2.54 bits per heavy atom. The van der Waals surface area contributed by atoms with Crippen molar-refractivity contribution in [3.05, 3.63) is 84.2 Å². The van der Waals surface area contributed by atoms with Gasteiger partial charge in [-0.3, -0.25) is 9.29 Å². The van der Waals surface area contributed by atoms with Crippen molar-refractivity contribution >= 4 is 33.1 Å². The first-order valence-corrected chi connectivity index (χ1v) is 13.0. The summed E-state index contributed by atoms with van der Waals surface area (Å²) in [6.45, 7) is 0.454. The van der Waals surface area contributed by atoms with Gasteiger partial charge in [-0.1, -0.05) is 24.3 Å². The van der Waals surface area contributed by atoms with Crippen molar-refractivity contribution in [3.63, 3.8) is 0 Å². The fraction of sp³-hybridized carbons (Fsp3) is 0.240. The fourth-order valence-corrected chi connectivity index (χ4v) is 6.03. The SMILES string of the molecule is O=C(Nc1ccc(N2CCCCS2(=O)=O)cc1)N1N=C(c2cccnc2)CC1c1ccccc1O. The highest BCUT2D eigenvalue weighted by Gasteiger charge is 2.35. The molecule has 0 saturated carbocycles. The molecule has 0 aliphatic carbocycles. The van der Waals surface area contributed by atoms with Crippen LogP contribution >= 0.6 is 0 Å². The lowest BCUT2D eigenvalue weighted by Crippen LogP contribution is -2.37. The third-order valence-corrected chi connectivity index (χ3v) is 8.03. The number of rotatable bonds is 4. The zero-order valence-corrected chi connectivity index (χ0v) is 19.7. The first-order valence-electron chi connectivity index (χ1n) is 11.4. The van der Waals surface area contributed by atoms with Crippen molar-refractivity contribution in [1.29, 1.82) is 0 Å². The van der Waals surface area contributed by atoms with Gasteiger partial charge >= 0.3 is 6.03 Å². The molecule has 3 heterocycles. The first kappa shape index (κ1) is 22.9. The number of benzene rings is 2. The number of phenols is 1. The number of aromatic nitrogens is 1. The first-order chi connectivity index (χ1) is 16.9. The maximum atomic E-state index is 13.3. The Morgan fingerprint density at radius 2 is 1.83 bits per heavy atom. The summed E-state index contributed by atoms with van der Waals surface area (Å²) in [4.78, 5) is 17.4. The molecule has 0 radical (unpaired) electrons. The highest BCUT2D eigenvalue weighted by Crippen LogP contribution is 2.37. The molecular weight excluding hydrogens is 466 g/mol. The van der Waals surface area contributed by atoms with Gasteiger partial charge in [-0.2, -0.15) is 5.10 Å². The number of nitrogens with one attached hydrogen (secondary N) is 1. The number of pyridine rings is 1. The molecule has 5 rings (SSSR count). The molecule has 35 heavy (non-hydrogen) atoms. The van der Waals surface area contributed by atoms with Gasteiger partial charge in [0, 0.05) is 42.2 Å². The Balaban J connectivity index is 1.39. The molecule has 2 aliphatic rings. The molecule has 2 aliphatic heterocycles. The predicted octanol–water partition coefficient (Wildman–Crippen LogP) is 4.10. The van der Waals surface area contributed by atoms with Crippen molar-refractivity contribution in [1.82, 2.24) is 9.99 Å². The van der Waals surface area contributed by atoms with Crippen molar-refractivity contribution in [2.75, 3.05) is 21.9 Å². The zero-order valence-electron chi connectivity index (χ0n) is 18.9. The van der Waals surface area contributed by atoms with Crippen LogP contribution in [-0.4, -0.2) is 47.6 Å². The zero-order chi connectivity index (χ0) is 24.4. The van der Waals surface area contributed by atoms with Gasteiger partial charge in [0.2, 0.25) is 10.0 Å². The number of phenolic OH excluding ortho intramolecular Hbond substituents is 1. The van der Waals surface area contributed by atoms with Crippen LogP contribution < -0.4 is 9.62 Å². The van der Waals surface area contributed by atoms with E-state index >= 15 is 0 Å². The molecule has 0 bridgehead atoms. The Kier molecular flexibility index (Phi) is 6.12. The van der Waals surface area contributed by atoms with Crippen LogP contribution in [0.2, 0.25) is 0 Å². The molecule has 1 aromatic heterocycles. The number of hydrogen-bond donors (Lipinski definition) is 2. The van der Waals surface area contributed by atoms with Gasteiger partial charge < -0.3 is 10.4 Å². The van der Waals surface area contributed by atoms with E-state index < -0.39 is 22.1 Å².